The van der Waals surface area contributed by atoms with Gasteiger partial charge in [0.05, 0.1) is 5.69 Å². The van der Waals surface area contributed by atoms with Gasteiger partial charge >= 0.3 is 0 Å². The molecule has 96 valence electrons. The summed E-state index contributed by atoms with van der Waals surface area (Å²) in [7, 11) is 0. The van der Waals surface area contributed by atoms with Crippen molar-refractivity contribution in [3.63, 3.8) is 0 Å². The molecule has 0 radical (unpaired) electrons. The van der Waals surface area contributed by atoms with Crippen LogP contribution >= 0.6 is 0 Å². The van der Waals surface area contributed by atoms with Crippen molar-refractivity contribution in [3.8, 4) is 11.3 Å². The van der Waals surface area contributed by atoms with Crippen LogP contribution in [0.4, 0.5) is 5.82 Å². The van der Waals surface area contributed by atoms with Crippen LogP contribution in [0.25, 0.3) is 11.3 Å². The number of rotatable bonds is 2. The fourth-order valence-corrected chi connectivity index (χ4v) is 2.16. The number of anilines is 1. The second kappa shape index (κ2) is 5.14. The molecule has 0 bridgehead atoms. The van der Waals surface area contributed by atoms with Crippen molar-refractivity contribution in [2.75, 3.05) is 18.0 Å². The number of hydrogen-bond donors (Lipinski definition) is 0. The molecule has 0 atom stereocenters. The van der Waals surface area contributed by atoms with Crippen molar-refractivity contribution in [1.82, 2.24) is 15.2 Å². The highest BCUT2D eigenvalue weighted by molar-refractivity contribution is 5.80. The summed E-state index contributed by atoms with van der Waals surface area (Å²) in [6.45, 7) is 1.48. The molecule has 1 saturated heterocycles. The predicted octanol–water partition coefficient (Wildman–Crippen LogP) is 1.71. The van der Waals surface area contributed by atoms with E-state index >= 15 is 0 Å². The van der Waals surface area contributed by atoms with Crippen molar-refractivity contribution in [2.45, 2.75) is 12.8 Å². The Hall–Kier alpha value is -2.30. The van der Waals surface area contributed by atoms with E-state index in [2.05, 4.69) is 20.1 Å². The van der Waals surface area contributed by atoms with Crippen LogP contribution in [-0.2, 0) is 4.79 Å². The number of pyridine rings is 1. The van der Waals surface area contributed by atoms with E-state index in [4.69, 9.17) is 0 Å². The molecule has 3 heterocycles. The summed E-state index contributed by atoms with van der Waals surface area (Å²) in [4.78, 5) is 17.3. The highest BCUT2D eigenvalue weighted by Crippen LogP contribution is 2.19. The zero-order valence-corrected chi connectivity index (χ0v) is 10.5. The summed E-state index contributed by atoms with van der Waals surface area (Å²) in [5, 5.41) is 8.49. The molecule has 0 saturated carbocycles. The average Bonchev–Trinajstić information content (AvgIpc) is 2.49. The first-order valence-corrected chi connectivity index (χ1v) is 6.34. The predicted molar refractivity (Wildman–Crippen MR) is 71.7 cm³/mol. The molecule has 0 N–H and O–H groups in total. The van der Waals surface area contributed by atoms with Crippen LogP contribution in [0.15, 0.2) is 36.7 Å². The van der Waals surface area contributed by atoms with Gasteiger partial charge in [0.15, 0.2) is 5.82 Å². The molecule has 0 amide bonds. The lowest BCUT2D eigenvalue weighted by molar-refractivity contribution is -0.119. The Morgan fingerprint density at radius 1 is 0.947 bits per heavy atom. The Morgan fingerprint density at radius 2 is 1.68 bits per heavy atom. The minimum absolute atomic E-state index is 0.331. The lowest BCUT2D eigenvalue weighted by Gasteiger charge is -2.26. The number of Topliss-reactive ketones (excluding diaryl/α,β-unsaturated/α-hetero) is 1. The van der Waals surface area contributed by atoms with E-state index in [1.54, 1.807) is 12.4 Å². The quantitative estimate of drug-likeness (QED) is 0.816. The van der Waals surface area contributed by atoms with Crippen LogP contribution in [0.5, 0.6) is 0 Å². The van der Waals surface area contributed by atoms with Gasteiger partial charge in [-0.1, -0.05) is 0 Å². The molecule has 3 rings (SSSR count). The van der Waals surface area contributed by atoms with Crippen molar-refractivity contribution >= 4 is 11.6 Å². The third-order valence-electron chi connectivity index (χ3n) is 3.27. The van der Waals surface area contributed by atoms with Gasteiger partial charge in [-0.15, -0.1) is 10.2 Å². The molecule has 1 aliphatic rings. The van der Waals surface area contributed by atoms with Gasteiger partial charge in [0.1, 0.15) is 5.78 Å². The van der Waals surface area contributed by atoms with Gasteiger partial charge in [0, 0.05) is 43.9 Å². The Balaban J connectivity index is 1.78. The molecule has 2 aromatic rings. The van der Waals surface area contributed by atoms with Crippen LogP contribution < -0.4 is 4.90 Å². The van der Waals surface area contributed by atoms with E-state index < -0.39 is 0 Å². The van der Waals surface area contributed by atoms with Crippen LogP contribution in [0.2, 0.25) is 0 Å². The molecule has 2 aromatic heterocycles. The standard InChI is InChI=1S/C14H14N4O/c19-12-5-9-18(10-6-12)14-2-1-13(16-17-14)11-3-7-15-8-4-11/h1-4,7-8H,5-6,9-10H2. The lowest BCUT2D eigenvalue weighted by Crippen LogP contribution is -2.34. The van der Waals surface area contributed by atoms with Crippen molar-refractivity contribution in [2.24, 2.45) is 0 Å². The molecule has 0 aliphatic carbocycles. The number of nitrogens with zero attached hydrogens (tertiary/aromatic N) is 4. The first-order chi connectivity index (χ1) is 9.33. The third kappa shape index (κ3) is 2.59. The molecule has 0 aromatic carbocycles. The van der Waals surface area contributed by atoms with E-state index in [0.717, 1.165) is 30.2 Å². The molecule has 0 unspecified atom stereocenters. The van der Waals surface area contributed by atoms with Gasteiger partial charge in [-0.05, 0) is 24.3 Å². The SMILES string of the molecule is O=C1CCN(c2ccc(-c3ccncc3)nn2)CC1. The monoisotopic (exact) mass is 254 g/mol. The summed E-state index contributed by atoms with van der Waals surface area (Å²) in [5.74, 6) is 1.17. The molecular weight excluding hydrogens is 240 g/mol. The summed E-state index contributed by atoms with van der Waals surface area (Å²) in [6.07, 6.45) is 4.68. The number of hydrogen-bond acceptors (Lipinski definition) is 5. The number of ketones is 1. The summed E-state index contributed by atoms with van der Waals surface area (Å²) < 4.78 is 0. The van der Waals surface area contributed by atoms with Gasteiger partial charge in [0.2, 0.25) is 0 Å². The fraction of sp³-hybridized carbons (Fsp3) is 0.286. The topological polar surface area (TPSA) is 59.0 Å². The smallest absolute Gasteiger partial charge is 0.151 e. The first kappa shape index (κ1) is 11.8. The largest absolute Gasteiger partial charge is 0.354 e. The van der Waals surface area contributed by atoms with E-state index in [-0.39, 0.29) is 0 Å². The first-order valence-electron chi connectivity index (χ1n) is 6.34. The van der Waals surface area contributed by atoms with E-state index in [9.17, 15) is 4.79 Å². The van der Waals surface area contributed by atoms with Crippen LogP contribution in [0.1, 0.15) is 12.8 Å². The third-order valence-corrected chi connectivity index (χ3v) is 3.27. The van der Waals surface area contributed by atoms with E-state index in [1.165, 1.54) is 0 Å². The molecule has 0 spiro atoms. The van der Waals surface area contributed by atoms with Crippen molar-refractivity contribution < 1.29 is 4.79 Å². The zero-order chi connectivity index (χ0) is 13.1. The molecule has 5 heteroatoms. The summed E-state index contributed by atoms with van der Waals surface area (Å²) in [5.41, 5.74) is 1.84. The van der Waals surface area contributed by atoms with Crippen molar-refractivity contribution in [1.29, 1.82) is 0 Å². The number of aromatic nitrogens is 3. The second-order valence-electron chi connectivity index (χ2n) is 4.54. The van der Waals surface area contributed by atoms with E-state index in [0.29, 0.717) is 18.6 Å². The fourth-order valence-electron chi connectivity index (χ4n) is 2.16. The van der Waals surface area contributed by atoms with Crippen LogP contribution in [0.3, 0.4) is 0 Å². The molecular formula is C14H14N4O. The maximum Gasteiger partial charge on any atom is 0.151 e. The number of piperidine rings is 1. The van der Waals surface area contributed by atoms with Gasteiger partial charge < -0.3 is 4.90 Å². The highest BCUT2D eigenvalue weighted by Gasteiger charge is 2.17. The zero-order valence-electron chi connectivity index (χ0n) is 10.5. The number of carbonyl (C=O) groups excluding carboxylic acids is 1. The lowest BCUT2D eigenvalue weighted by atomic mass is 10.1. The summed E-state index contributed by atoms with van der Waals surface area (Å²) >= 11 is 0. The Labute approximate surface area is 111 Å². The van der Waals surface area contributed by atoms with Gasteiger partial charge in [-0.3, -0.25) is 9.78 Å². The Bertz CT molecular complexity index is 558. The molecule has 5 nitrogen and oxygen atoms in total. The van der Waals surface area contributed by atoms with E-state index in [1.807, 2.05) is 24.3 Å². The van der Waals surface area contributed by atoms with Gasteiger partial charge in [0.25, 0.3) is 0 Å². The Morgan fingerprint density at radius 3 is 2.32 bits per heavy atom. The maximum atomic E-state index is 11.2. The number of carbonyl (C=O) groups is 1. The average molecular weight is 254 g/mol. The highest BCUT2D eigenvalue weighted by atomic mass is 16.1. The van der Waals surface area contributed by atoms with Crippen LogP contribution in [-0.4, -0.2) is 34.1 Å². The van der Waals surface area contributed by atoms with Gasteiger partial charge in [-0.25, -0.2) is 0 Å². The maximum absolute atomic E-state index is 11.2. The van der Waals surface area contributed by atoms with Crippen LogP contribution in [0, 0.1) is 0 Å². The van der Waals surface area contributed by atoms with Crippen molar-refractivity contribution in [3.05, 3.63) is 36.7 Å². The minimum atomic E-state index is 0.331. The Kier molecular flexibility index (Phi) is 3.18. The molecule has 1 fully saturated rings. The minimum Gasteiger partial charge on any atom is -0.354 e. The molecule has 1 aliphatic heterocycles. The van der Waals surface area contributed by atoms with Gasteiger partial charge in [-0.2, -0.15) is 0 Å². The second-order valence-corrected chi connectivity index (χ2v) is 4.54. The normalized spacial score (nSPS) is 15.6. The molecule has 19 heavy (non-hydrogen) atoms. The summed E-state index contributed by atoms with van der Waals surface area (Å²) in [6, 6.07) is 7.72.